The number of hydrogen-bond donors (Lipinski definition) is 1. The van der Waals surface area contributed by atoms with E-state index in [4.69, 9.17) is 9.62 Å². The highest BCUT2D eigenvalue weighted by Gasteiger charge is 2.30. The second-order valence-electron chi connectivity index (χ2n) is 7.75. The summed E-state index contributed by atoms with van der Waals surface area (Å²) in [6.07, 6.45) is 4.25. The maximum absolute atomic E-state index is 12.7. The van der Waals surface area contributed by atoms with E-state index >= 15 is 0 Å². The van der Waals surface area contributed by atoms with E-state index in [1.807, 2.05) is 16.6 Å². The fourth-order valence-corrected chi connectivity index (χ4v) is 3.93. The maximum Gasteiger partial charge on any atom is 0.257 e. The number of anilines is 1. The zero-order valence-electron chi connectivity index (χ0n) is 16.1. The third kappa shape index (κ3) is 3.00. The van der Waals surface area contributed by atoms with Crippen LogP contribution in [0.1, 0.15) is 59.2 Å². The summed E-state index contributed by atoms with van der Waals surface area (Å²) in [5, 5.41) is 20.3. The molecule has 0 spiro atoms. The van der Waals surface area contributed by atoms with E-state index in [0.29, 0.717) is 29.5 Å². The lowest BCUT2D eigenvalue weighted by molar-refractivity contribution is 0.0931. The molecule has 1 N–H and O–H groups in total. The van der Waals surface area contributed by atoms with Crippen molar-refractivity contribution < 1.29 is 9.32 Å². The molecule has 1 atom stereocenters. The van der Waals surface area contributed by atoms with E-state index in [-0.39, 0.29) is 11.9 Å². The molecule has 1 amide bonds. The minimum Gasteiger partial charge on any atom is -0.361 e. The van der Waals surface area contributed by atoms with Gasteiger partial charge < -0.3 is 14.7 Å². The number of carbonyl (C=O) groups excluding carboxylic acids is 1. The molecule has 146 valence electrons. The van der Waals surface area contributed by atoms with Gasteiger partial charge in [-0.2, -0.15) is 4.52 Å². The summed E-state index contributed by atoms with van der Waals surface area (Å²) < 4.78 is 6.99. The van der Waals surface area contributed by atoms with Gasteiger partial charge in [0.05, 0.1) is 5.69 Å². The first-order chi connectivity index (χ1) is 13.6. The molecule has 4 heterocycles. The Morgan fingerprint density at radius 3 is 2.82 bits per heavy atom. The summed E-state index contributed by atoms with van der Waals surface area (Å²) in [7, 11) is 0. The number of nitrogens with one attached hydrogen (secondary N) is 1. The summed E-state index contributed by atoms with van der Waals surface area (Å²) in [4.78, 5) is 14.9. The number of rotatable bonds is 4. The lowest BCUT2D eigenvalue weighted by Gasteiger charge is -2.33. The highest BCUT2D eigenvalue weighted by atomic mass is 16.5. The van der Waals surface area contributed by atoms with Gasteiger partial charge in [0.25, 0.3) is 5.91 Å². The number of carbonyl (C=O) groups is 1. The Hall–Kier alpha value is -2.97. The summed E-state index contributed by atoms with van der Waals surface area (Å²) in [5.41, 5.74) is 1.94. The van der Waals surface area contributed by atoms with Crippen LogP contribution in [0.5, 0.6) is 0 Å². The quantitative estimate of drug-likeness (QED) is 0.737. The van der Waals surface area contributed by atoms with Gasteiger partial charge in [-0.25, -0.2) is 0 Å². The second-order valence-corrected chi connectivity index (χ2v) is 7.75. The molecule has 9 heteroatoms. The Bertz CT molecular complexity index is 1020. The average molecular weight is 381 g/mol. The fourth-order valence-electron chi connectivity index (χ4n) is 3.93. The molecule has 28 heavy (non-hydrogen) atoms. The van der Waals surface area contributed by atoms with E-state index in [1.165, 1.54) is 0 Å². The molecule has 1 saturated carbocycles. The Labute approximate surface area is 162 Å². The van der Waals surface area contributed by atoms with Gasteiger partial charge in [-0.05, 0) is 51.7 Å². The monoisotopic (exact) mass is 381 g/mol. The van der Waals surface area contributed by atoms with Gasteiger partial charge in [0.2, 0.25) is 0 Å². The first-order valence-corrected chi connectivity index (χ1v) is 9.81. The van der Waals surface area contributed by atoms with Crippen LogP contribution >= 0.6 is 0 Å². The van der Waals surface area contributed by atoms with Gasteiger partial charge in [-0.15, -0.1) is 15.3 Å². The molecule has 2 fully saturated rings. The van der Waals surface area contributed by atoms with Crippen LogP contribution in [0.4, 0.5) is 5.82 Å². The molecule has 9 nitrogen and oxygen atoms in total. The molecular weight excluding hydrogens is 358 g/mol. The molecule has 1 aliphatic heterocycles. The van der Waals surface area contributed by atoms with Gasteiger partial charge in [0, 0.05) is 25.0 Å². The van der Waals surface area contributed by atoms with Crippen molar-refractivity contribution in [2.24, 2.45) is 0 Å². The number of hydrogen-bond acceptors (Lipinski definition) is 7. The van der Waals surface area contributed by atoms with Gasteiger partial charge in [-0.1, -0.05) is 5.16 Å². The molecular formula is C19H23N7O2. The molecule has 1 saturated heterocycles. The van der Waals surface area contributed by atoms with Crippen molar-refractivity contribution in [3.05, 3.63) is 35.0 Å². The van der Waals surface area contributed by atoms with Crippen LogP contribution < -0.4 is 10.2 Å². The van der Waals surface area contributed by atoms with Crippen LogP contribution in [0.15, 0.2) is 16.7 Å². The zero-order valence-corrected chi connectivity index (χ0v) is 16.1. The molecule has 5 rings (SSSR count). The predicted octanol–water partition coefficient (Wildman–Crippen LogP) is 2.01. The summed E-state index contributed by atoms with van der Waals surface area (Å²) in [5.74, 6) is 2.76. The predicted molar refractivity (Wildman–Crippen MR) is 101 cm³/mol. The van der Waals surface area contributed by atoms with Gasteiger partial charge in [0.1, 0.15) is 17.1 Å². The van der Waals surface area contributed by atoms with Crippen molar-refractivity contribution in [1.82, 2.24) is 30.3 Å². The first kappa shape index (κ1) is 17.2. The van der Waals surface area contributed by atoms with Crippen LogP contribution in [-0.2, 0) is 0 Å². The smallest absolute Gasteiger partial charge is 0.257 e. The number of fused-ring (bicyclic) bond motifs is 1. The van der Waals surface area contributed by atoms with Crippen molar-refractivity contribution in [1.29, 1.82) is 0 Å². The molecule has 1 unspecified atom stereocenters. The van der Waals surface area contributed by atoms with Crippen LogP contribution in [0, 0.1) is 13.8 Å². The van der Waals surface area contributed by atoms with E-state index in [0.717, 1.165) is 49.5 Å². The van der Waals surface area contributed by atoms with Crippen molar-refractivity contribution in [2.45, 2.75) is 51.5 Å². The Balaban J connectivity index is 1.33. The lowest BCUT2D eigenvalue weighted by Crippen LogP contribution is -2.48. The van der Waals surface area contributed by atoms with Crippen LogP contribution in [0.25, 0.3) is 5.65 Å². The van der Waals surface area contributed by atoms with Gasteiger partial charge in [0.15, 0.2) is 11.5 Å². The third-order valence-corrected chi connectivity index (χ3v) is 5.56. The van der Waals surface area contributed by atoms with Crippen molar-refractivity contribution in [3.8, 4) is 0 Å². The Morgan fingerprint density at radius 1 is 1.21 bits per heavy atom. The highest BCUT2D eigenvalue weighted by molar-refractivity contribution is 5.96. The number of nitrogens with zero attached hydrogens (tertiary/aromatic N) is 6. The molecule has 0 aromatic carbocycles. The molecule has 3 aromatic heterocycles. The normalized spacial score (nSPS) is 19.9. The van der Waals surface area contributed by atoms with E-state index in [9.17, 15) is 4.79 Å². The van der Waals surface area contributed by atoms with Gasteiger partial charge >= 0.3 is 0 Å². The Kier molecular flexibility index (Phi) is 4.03. The lowest BCUT2D eigenvalue weighted by atomic mass is 10.0. The van der Waals surface area contributed by atoms with Crippen LogP contribution in [-0.4, -0.2) is 50.0 Å². The second kappa shape index (κ2) is 6.57. The van der Waals surface area contributed by atoms with Crippen molar-refractivity contribution in [3.63, 3.8) is 0 Å². The number of aromatic nitrogens is 5. The summed E-state index contributed by atoms with van der Waals surface area (Å²) >= 11 is 0. The van der Waals surface area contributed by atoms with Crippen LogP contribution in [0.3, 0.4) is 0 Å². The fraction of sp³-hybridized carbons (Fsp3) is 0.526. The SMILES string of the molecule is Cc1noc(C)c1C(=O)NC1CCCN(c2ccc3nnc(C4CC4)n3n2)C1. The highest BCUT2D eigenvalue weighted by Crippen LogP contribution is 2.38. The molecule has 0 radical (unpaired) electrons. The molecule has 3 aromatic rings. The standard InChI is InChI=1S/C19H23N7O2/c1-11-17(12(2)28-24-11)19(27)20-14-4-3-9-25(10-14)16-8-7-15-21-22-18(13-5-6-13)26(15)23-16/h7-8,13-14H,3-6,9-10H2,1-2H3,(H,20,27). The minimum atomic E-state index is -0.124. The third-order valence-electron chi connectivity index (χ3n) is 5.56. The number of piperidine rings is 1. The molecule has 1 aliphatic carbocycles. The average Bonchev–Trinajstić information content (AvgIpc) is 3.36. The van der Waals surface area contributed by atoms with E-state index in [1.54, 1.807) is 13.8 Å². The maximum atomic E-state index is 12.7. The van der Waals surface area contributed by atoms with Crippen molar-refractivity contribution in [2.75, 3.05) is 18.0 Å². The minimum absolute atomic E-state index is 0.0521. The summed E-state index contributed by atoms with van der Waals surface area (Å²) in [6, 6.07) is 4.00. The van der Waals surface area contributed by atoms with Crippen LogP contribution in [0.2, 0.25) is 0 Å². The first-order valence-electron chi connectivity index (χ1n) is 9.81. The van der Waals surface area contributed by atoms with E-state index < -0.39 is 0 Å². The van der Waals surface area contributed by atoms with Crippen molar-refractivity contribution >= 4 is 17.4 Å². The molecule has 0 bridgehead atoms. The number of amides is 1. The summed E-state index contributed by atoms with van der Waals surface area (Å²) in [6.45, 7) is 5.18. The zero-order chi connectivity index (χ0) is 19.3. The Morgan fingerprint density at radius 2 is 2.07 bits per heavy atom. The number of aryl methyl sites for hydroxylation is 2. The van der Waals surface area contributed by atoms with E-state index in [2.05, 4.69) is 25.6 Å². The topological polar surface area (TPSA) is 101 Å². The van der Waals surface area contributed by atoms with Gasteiger partial charge in [-0.3, -0.25) is 4.79 Å². The molecule has 2 aliphatic rings. The largest absolute Gasteiger partial charge is 0.361 e.